The van der Waals surface area contributed by atoms with Crippen molar-refractivity contribution in [2.24, 2.45) is 0 Å². The Morgan fingerprint density at radius 2 is 2.09 bits per heavy atom. The molecule has 2 aliphatic rings. The summed E-state index contributed by atoms with van der Waals surface area (Å²) in [6.45, 7) is 3.63. The van der Waals surface area contributed by atoms with Gasteiger partial charge in [-0.1, -0.05) is 12.1 Å². The van der Waals surface area contributed by atoms with Crippen molar-refractivity contribution >= 4 is 23.1 Å². The summed E-state index contributed by atoms with van der Waals surface area (Å²) < 4.78 is 21.7. The number of carbonyl (C=O) groups excluding carboxylic acids is 1. The molecule has 6 rings (SSSR count). The van der Waals surface area contributed by atoms with Gasteiger partial charge in [0.2, 0.25) is 0 Å². The van der Waals surface area contributed by atoms with Crippen LogP contribution >= 0.6 is 0 Å². The van der Waals surface area contributed by atoms with Crippen molar-refractivity contribution in [1.82, 2.24) is 19.7 Å². The third-order valence-corrected chi connectivity index (χ3v) is 6.50. The molecule has 8 heteroatoms. The van der Waals surface area contributed by atoms with E-state index in [-0.39, 0.29) is 17.4 Å². The van der Waals surface area contributed by atoms with Crippen LogP contribution in [0.1, 0.15) is 39.4 Å². The fourth-order valence-corrected chi connectivity index (χ4v) is 4.66. The number of hydrogen-bond acceptors (Lipinski definition) is 5. The SMILES string of the molecule is Cc1ccn2c(-c3ccc(Nc4ccc(C5CCOC5)cn4)c4c3CNC4=O)cnc2c1F. The Bertz CT molecular complexity index is 1390. The maximum atomic E-state index is 14.5. The van der Waals surface area contributed by atoms with Crippen LogP contribution in [0.25, 0.3) is 16.9 Å². The monoisotopic (exact) mass is 443 g/mol. The average molecular weight is 443 g/mol. The van der Waals surface area contributed by atoms with Crippen LogP contribution in [-0.2, 0) is 11.3 Å². The van der Waals surface area contributed by atoms with Gasteiger partial charge in [-0.15, -0.1) is 0 Å². The fourth-order valence-electron chi connectivity index (χ4n) is 4.66. The van der Waals surface area contributed by atoms with Crippen LogP contribution in [0.3, 0.4) is 0 Å². The molecule has 5 heterocycles. The van der Waals surface area contributed by atoms with Crippen molar-refractivity contribution in [3.63, 3.8) is 0 Å². The van der Waals surface area contributed by atoms with Crippen LogP contribution in [0, 0.1) is 12.7 Å². The molecule has 1 saturated heterocycles. The van der Waals surface area contributed by atoms with Gasteiger partial charge in [-0.25, -0.2) is 14.4 Å². The van der Waals surface area contributed by atoms with Gasteiger partial charge in [-0.2, -0.15) is 0 Å². The molecular weight excluding hydrogens is 421 g/mol. The van der Waals surface area contributed by atoms with E-state index in [1.807, 2.05) is 24.4 Å². The number of aromatic nitrogens is 3. The van der Waals surface area contributed by atoms with Gasteiger partial charge in [0.05, 0.1) is 29.7 Å². The molecule has 2 N–H and O–H groups in total. The second kappa shape index (κ2) is 7.67. The van der Waals surface area contributed by atoms with Crippen LogP contribution in [0.4, 0.5) is 15.9 Å². The normalized spacial score (nSPS) is 17.4. The molecule has 1 unspecified atom stereocenters. The number of ether oxygens (including phenoxy) is 1. The Hall–Kier alpha value is -3.78. The summed E-state index contributed by atoms with van der Waals surface area (Å²) in [7, 11) is 0. The number of aryl methyl sites for hydroxylation is 1. The van der Waals surface area contributed by atoms with Gasteiger partial charge in [0, 0.05) is 37.0 Å². The molecule has 0 bridgehead atoms. The van der Waals surface area contributed by atoms with Crippen LogP contribution < -0.4 is 10.6 Å². The van der Waals surface area contributed by atoms with E-state index in [0.29, 0.717) is 35.1 Å². The molecule has 1 fully saturated rings. The first-order chi connectivity index (χ1) is 16.1. The van der Waals surface area contributed by atoms with Gasteiger partial charge < -0.3 is 15.4 Å². The predicted molar refractivity (Wildman–Crippen MR) is 122 cm³/mol. The van der Waals surface area contributed by atoms with E-state index < -0.39 is 0 Å². The Morgan fingerprint density at radius 3 is 2.88 bits per heavy atom. The average Bonchev–Trinajstić information content (AvgIpc) is 3.58. The van der Waals surface area contributed by atoms with E-state index in [4.69, 9.17) is 4.74 Å². The van der Waals surface area contributed by atoms with Gasteiger partial charge in [-0.05, 0) is 48.2 Å². The van der Waals surface area contributed by atoms with Gasteiger partial charge >= 0.3 is 0 Å². The number of amides is 1. The topological polar surface area (TPSA) is 80.5 Å². The molecule has 7 nitrogen and oxygen atoms in total. The van der Waals surface area contributed by atoms with E-state index in [1.165, 1.54) is 0 Å². The quantitative estimate of drug-likeness (QED) is 0.491. The zero-order valence-corrected chi connectivity index (χ0v) is 18.1. The Labute approximate surface area is 189 Å². The number of anilines is 2. The van der Waals surface area contributed by atoms with Gasteiger partial charge in [0.25, 0.3) is 5.91 Å². The second-order valence-corrected chi connectivity index (χ2v) is 8.51. The number of nitrogens with one attached hydrogen (secondary N) is 2. The molecule has 0 spiro atoms. The predicted octanol–water partition coefficient (Wildman–Crippen LogP) is 4.33. The summed E-state index contributed by atoms with van der Waals surface area (Å²) in [5, 5.41) is 6.20. The number of imidazole rings is 1. The number of benzene rings is 1. The largest absolute Gasteiger partial charge is 0.381 e. The minimum absolute atomic E-state index is 0.148. The highest BCUT2D eigenvalue weighted by Gasteiger charge is 2.27. The summed E-state index contributed by atoms with van der Waals surface area (Å²) in [5.74, 6) is 0.566. The number of pyridine rings is 2. The van der Waals surface area contributed by atoms with Crippen molar-refractivity contribution in [3.05, 3.63) is 77.0 Å². The highest BCUT2D eigenvalue weighted by atomic mass is 19.1. The summed E-state index contributed by atoms with van der Waals surface area (Å²) in [4.78, 5) is 21.5. The first-order valence-electron chi connectivity index (χ1n) is 11.0. The van der Waals surface area contributed by atoms with Crippen LogP contribution in [0.15, 0.2) is 48.9 Å². The molecule has 4 aromatic rings. The molecule has 3 aromatic heterocycles. The number of rotatable bonds is 4. The third kappa shape index (κ3) is 3.25. The molecule has 0 aliphatic carbocycles. The summed E-state index contributed by atoms with van der Waals surface area (Å²) >= 11 is 0. The number of fused-ring (bicyclic) bond motifs is 2. The molecule has 1 aromatic carbocycles. The second-order valence-electron chi connectivity index (χ2n) is 8.51. The Kier molecular flexibility index (Phi) is 4.62. The molecule has 1 atom stereocenters. The fraction of sp³-hybridized carbons (Fsp3) is 0.240. The third-order valence-electron chi connectivity index (χ3n) is 6.50. The Balaban J connectivity index is 1.37. The van der Waals surface area contributed by atoms with Crippen molar-refractivity contribution in [2.75, 3.05) is 18.5 Å². The lowest BCUT2D eigenvalue weighted by Gasteiger charge is -2.14. The van der Waals surface area contributed by atoms with Gasteiger partial charge in [0.1, 0.15) is 5.82 Å². The Morgan fingerprint density at radius 1 is 1.18 bits per heavy atom. The highest BCUT2D eigenvalue weighted by Crippen LogP contribution is 2.36. The first kappa shape index (κ1) is 19.9. The van der Waals surface area contributed by atoms with Crippen LogP contribution in [-0.4, -0.2) is 33.5 Å². The van der Waals surface area contributed by atoms with Crippen LogP contribution in [0.2, 0.25) is 0 Å². The molecule has 33 heavy (non-hydrogen) atoms. The maximum Gasteiger partial charge on any atom is 0.254 e. The molecule has 1 amide bonds. The molecule has 2 aliphatic heterocycles. The maximum absolute atomic E-state index is 14.5. The lowest BCUT2D eigenvalue weighted by Crippen LogP contribution is -2.13. The van der Waals surface area contributed by atoms with E-state index in [1.54, 1.807) is 29.8 Å². The number of nitrogens with zero attached hydrogens (tertiary/aromatic N) is 3. The van der Waals surface area contributed by atoms with Crippen molar-refractivity contribution in [2.45, 2.75) is 25.8 Å². The van der Waals surface area contributed by atoms with E-state index >= 15 is 0 Å². The van der Waals surface area contributed by atoms with E-state index in [0.717, 1.165) is 42.0 Å². The number of carbonyl (C=O) groups is 1. The van der Waals surface area contributed by atoms with Crippen molar-refractivity contribution in [3.8, 4) is 11.3 Å². The summed E-state index contributed by atoms with van der Waals surface area (Å²) in [6.07, 6.45) is 6.33. The molecule has 166 valence electrons. The number of halogens is 1. The lowest BCUT2D eigenvalue weighted by atomic mass is 9.99. The minimum Gasteiger partial charge on any atom is -0.381 e. The first-order valence-corrected chi connectivity index (χ1v) is 11.0. The smallest absolute Gasteiger partial charge is 0.254 e. The van der Waals surface area contributed by atoms with Crippen molar-refractivity contribution in [1.29, 1.82) is 0 Å². The molecule has 0 radical (unpaired) electrons. The van der Waals surface area contributed by atoms with E-state index in [9.17, 15) is 9.18 Å². The lowest BCUT2D eigenvalue weighted by molar-refractivity contribution is 0.0966. The van der Waals surface area contributed by atoms with Gasteiger partial charge in [0.15, 0.2) is 11.5 Å². The minimum atomic E-state index is -0.341. The highest BCUT2D eigenvalue weighted by molar-refractivity contribution is 6.06. The summed E-state index contributed by atoms with van der Waals surface area (Å²) in [6, 6.07) is 9.51. The molecule has 0 saturated carbocycles. The zero-order valence-electron chi connectivity index (χ0n) is 18.1. The standard InChI is InChI=1S/C25H22FN5O2/c1-14-6-8-31-20(12-28-24(31)23(14)26)17-3-4-19(22-18(17)11-29-25(22)32)30-21-5-2-15(10-27-21)16-7-9-33-13-16/h2-6,8,10,12,16H,7,9,11,13H2,1H3,(H,27,30)(H,29,32). The van der Waals surface area contributed by atoms with Crippen LogP contribution in [0.5, 0.6) is 0 Å². The zero-order chi connectivity index (χ0) is 22.5. The van der Waals surface area contributed by atoms with E-state index in [2.05, 4.69) is 26.7 Å². The summed E-state index contributed by atoms with van der Waals surface area (Å²) in [5.41, 5.74) is 5.67. The van der Waals surface area contributed by atoms with Gasteiger partial charge in [-0.3, -0.25) is 9.20 Å². The molecular formula is C25H22FN5O2. The number of hydrogen-bond donors (Lipinski definition) is 2. The van der Waals surface area contributed by atoms with Crippen molar-refractivity contribution < 1.29 is 13.9 Å².